The quantitative estimate of drug-likeness (QED) is 0.783. The van der Waals surface area contributed by atoms with E-state index in [9.17, 15) is 0 Å². The van der Waals surface area contributed by atoms with Gasteiger partial charge in [-0.15, -0.1) is 0 Å². The van der Waals surface area contributed by atoms with Gasteiger partial charge < -0.3 is 19.7 Å². The molecule has 1 aliphatic heterocycles. The molecule has 4 nitrogen and oxygen atoms in total. The summed E-state index contributed by atoms with van der Waals surface area (Å²) in [6, 6.07) is 6.03. The molecule has 0 amide bonds. The monoisotopic (exact) mass is 292 g/mol. The molecule has 0 aromatic heterocycles. The second kappa shape index (κ2) is 8.25. The minimum Gasteiger partial charge on any atom is -0.497 e. The fourth-order valence-corrected chi connectivity index (χ4v) is 2.86. The van der Waals surface area contributed by atoms with Gasteiger partial charge in [-0.05, 0) is 69.6 Å². The Morgan fingerprint density at radius 2 is 1.71 bits per heavy atom. The van der Waals surface area contributed by atoms with E-state index in [1.165, 1.54) is 37.9 Å². The van der Waals surface area contributed by atoms with E-state index in [0.29, 0.717) is 0 Å². The van der Waals surface area contributed by atoms with Crippen LogP contribution in [0, 0.1) is 5.92 Å². The summed E-state index contributed by atoms with van der Waals surface area (Å²) in [5.74, 6) is 2.58. The van der Waals surface area contributed by atoms with E-state index in [2.05, 4.69) is 29.4 Å². The summed E-state index contributed by atoms with van der Waals surface area (Å²) in [7, 11) is 5.59. The minimum atomic E-state index is 0.849. The van der Waals surface area contributed by atoms with Gasteiger partial charge >= 0.3 is 0 Å². The zero-order chi connectivity index (χ0) is 15.1. The molecule has 0 bridgehead atoms. The highest BCUT2D eigenvalue weighted by molar-refractivity contribution is 5.38. The maximum absolute atomic E-state index is 5.30. The van der Waals surface area contributed by atoms with Gasteiger partial charge in [0.15, 0.2) is 0 Å². The van der Waals surface area contributed by atoms with E-state index in [1.807, 2.05) is 6.07 Å². The Morgan fingerprint density at radius 1 is 1.10 bits per heavy atom. The molecule has 0 spiro atoms. The molecule has 0 aliphatic carbocycles. The van der Waals surface area contributed by atoms with E-state index in [1.54, 1.807) is 14.2 Å². The van der Waals surface area contributed by atoms with Gasteiger partial charge in [-0.3, -0.25) is 0 Å². The van der Waals surface area contributed by atoms with Crippen molar-refractivity contribution in [3.05, 3.63) is 23.8 Å². The van der Waals surface area contributed by atoms with E-state index in [0.717, 1.165) is 30.5 Å². The number of benzene rings is 1. The van der Waals surface area contributed by atoms with Crippen LogP contribution < -0.4 is 14.8 Å². The first kappa shape index (κ1) is 16.1. The number of ether oxygens (including phenoxy) is 2. The number of methoxy groups -OCH3 is 2. The van der Waals surface area contributed by atoms with Gasteiger partial charge in [-0.1, -0.05) is 0 Å². The summed E-state index contributed by atoms with van der Waals surface area (Å²) in [6.07, 6.45) is 3.95. The maximum atomic E-state index is 5.30. The zero-order valence-electron chi connectivity index (χ0n) is 13.5. The van der Waals surface area contributed by atoms with Crippen LogP contribution in [-0.2, 0) is 6.54 Å². The third-order valence-corrected chi connectivity index (χ3v) is 4.31. The molecule has 1 aromatic rings. The lowest BCUT2D eigenvalue weighted by molar-refractivity contribution is 0.211. The molecule has 0 saturated carbocycles. The molecule has 1 aromatic carbocycles. The summed E-state index contributed by atoms with van der Waals surface area (Å²) >= 11 is 0. The molecule has 118 valence electrons. The van der Waals surface area contributed by atoms with Crippen LogP contribution in [0.5, 0.6) is 11.5 Å². The first-order chi connectivity index (χ1) is 10.2. The van der Waals surface area contributed by atoms with E-state index in [4.69, 9.17) is 9.47 Å². The van der Waals surface area contributed by atoms with Gasteiger partial charge in [0.05, 0.1) is 14.2 Å². The second-order valence-electron chi connectivity index (χ2n) is 5.93. The molecule has 4 heteroatoms. The lowest BCUT2D eigenvalue weighted by Crippen LogP contribution is -2.31. The van der Waals surface area contributed by atoms with Crippen LogP contribution in [0.2, 0.25) is 0 Å². The molecule has 1 saturated heterocycles. The van der Waals surface area contributed by atoms with E-state index >= 15 is 0 Å². The van der Waals surface area contributed by atoms with Crippen LogP contribution in [0.15, 0.2) is 18.2 Å². The molecular formula is C17H28N2O2. The Morgan fingerprint density at radius 3 is 2.29 bits per heavy atom. The van der Waals surface area contributed by atoms with Gasteiger partial charge in [0.2, 0.25) is 0 Å². The molecule has 1 fully saturated rings. The normalized spacial score (nSPS) is 16.9. The lowest BCUT2D eigenvalue weighted by atomic mass is 9.94. The number of likely N-dealkylation sites (tertiary alicyclic amines) is 1. The zero-order valence-corrected chi connectivity index (χ0v) is 13.5. The van der Waals surface area contributed by atoms with Crippen molar-refractivity contribution in [1.82, 2.24) is 10.2 Å². The lowest BCUT2D eigenvalue weighted by Gasteiger charge is -2.28. The Kier molecular flexibility index (Phi) is 6.33. The number of hydrogen-bond acceptors (Lipinski definition) is 4. The highest BCUT2D eigenvalue weighted by Gasteiger charge is 2.15. The Bertz CT molecular complexity index is 407. The average Bonchev–Trinajstić information content (AvgIpc) is 2.53. The van der Waals surface area contributed by atoms with E-state index < -0.39 is 0 Å². The topological polar surface area (TPSA) is 33.7 Å². The first-order valence-electron chi connectivity index (χ1n) is 7.82. The number of nitrogens with zero attached hydrogens (tertiary/aromatic N) is 1. The molecule has 0 atom stereocenters. The van der Waals surface area contributed by atoms with Crippen LogP contribution in [-0.4, -0.2) is 45.8 Å². The van der Waals surface area contributed by atoms with Gasteiger partial charge in [0, 0.05) is 12.6 Å². The van der Waals surface area contributed by atoms with Crippen LogP contribution >= 0.6 is 0 Å². The first-order valence-corrected chi connectivity index (χ1v) is 7.82. The molecular weight excluding hydrogens is 264 g/mol. The highest BCUT2D eigenvalue weighted by atomic mass is 16.5. The summed E-state index contributed by atoms with van der Waals surface area (Å²) in [5, 5.41) is 3.54. The van der Waals surface area contributed by atoms with Crippen molar-refractivity contribution >= 4 is 0 Å². The average molecular weight is 292 g/mol. The third-order valence-electron chi connectivity index (χ3n) is 4.31. The fourth-order valence-electron chi connectivity index (χ4n) is 2.86. The SMILES string of the molecule is COc1cc(CNCCC2CCN(C)CC2)cc(OC)c1. The number of hydrogen-bond donors (Lipinski definition) is 1. The van der Waals surface area contributed by atoms with Crippen molar-refractivity contribution in [2.75, 3.05) is 40.9 Å². The Balaban J connectivity index is 1.73. The summed E-state index contributed by atoms with van der Waals surface area (Å²) in [4.78, 5) is 2.42. The van der Waals surface area contributed by atoms with Crippen molar-refractivity contribution in [2.24, 2.45) is 5.92 Å². The van der Waals surface area contributed by atoms with Crippen LogP contribution in [0.25, 0.3) is 0 Å². The van der Waals surface area contributed by atoms with Gasteiger partial charge in [-0.25, -0.2) is 0 Å². The minimum absolute atomic E-state index is 0.849. The Hall–Kier alpha value is -1.26. The second-order valence-corrected chi connectivity index (χ2v) is 5.93. The van der Waals surface area contributed by atoms with Crippen molar-refractivity contribution in [3.8, 4) is 11.5 Å². The predicted octanol–water partition coefficient (Wildman–Crippen LogP) is 2.53. The van der Waals surface area contributed by atoms with E-state index in [-0.39, 0.29) is 0 Å². The smallest absolute Gasteiger partial charge is 0.122 e. The summed E-state index contributed by atoms with van der Waals surface area (Å²) < 4.78 is 10.6. The van der Waals surface area contributed by atoms with Crippen LogP contribution in [0.4, 0.5) is 0 Å². The molecule has 0 radical (unpaired) electrons. The standard InChI is InChI=1S/C17H28N2O2/c1-19-8-5-14(6-9-19)4-7-18-13-15-10-16(20-2)12-17(11-15)21-3/h10-12,14,18H,4-9,13H2,1-3H3. The molecule has 1 aliphatic rings. The molecule has 2 rings (SSSR count). The predicted molar refractivity (Wildman–Crippen MR) is 86.1 cm³/mol. The molecule has 1 heterocycles. The Labute approximate surface area is 128 Å². The van der Waals surface area contributed by atoms with Crippen molar-refractivity contribution < 1.29 is 9.47 Å². The van der Waals surface area contributed by atoms with Gasteiger partial charge in [0.1, 0.15) is 11.5 Å². The van der Waals surface area contributed by atoms with Crippen molar-refractivity contribution in [3.63, 3.8) is 0 Å². The van der Waals surface area contributed by atoms with Crippen molar-refractivity contribution in [1.29, 1.82) is 0 Å². The number of rotatable bonds is 7. The molecule has 0 unspecified atom stereocenters. The number of piperidine rings is 1. The maximum Gasteiger partial charge on any atom is 0.122 e. The summed E-state index contributed by atoms with van der Waals surface area (Å²) in [5.41, 5.74) is 1.20. The largest absolute Gasteiger partial charge is 0.497 e. The highest BCUT2D eigenvalue weighted by Crippen LogP contribution is 2.22. The third kappa shape index (κ3) is 5.21. The molecule has 21 heavy (non-hydrogen) atoms. The van der Waals surface area contributed by atoms with Crippen LogP contribution in [0.1, 0.15) is 24.8 Å². The fraction of sp³-hybridized carbons (Fsp3) is 0.647. The van der Waals surface area contributed by atoms with Crippen molar-refractivity contribution in [2.45, 2.75) is 25.8 Å². The summed E-state index contributed by atoms with van der Waals surface area (Å²) in [6.45, 7) is 4.43. The molecule has 1 N–H and O–H groups in total. The van der Waals surface area contributed by atoms with Gasteiger partial charge in [0.25, 0.3) is 0 Å². The number of nitrogens with one attached hydrogen (secondary N) is 1. The van der Waals surface area contributed by atoms with Gasteiger partial charge in [-0.2, -0.15) is 0 Å². The van der Waals surface area contributed by atoms with Crippen LogP contribution in [0.3, 0.4) is 0 Å².